The van der Waals surface area contributed by atoms with Crippen LogP contribution in [0.4, 0.5) is 20.4 Å². The molecule has 5 rings (SSSR count). The van der Waals surface area contributed by atoms with E-state index in [0.717, 1.165) is 12.8 Å². The van der Waals surface area contributed by atoms with Gasteiger partial charge >= 0.3 is 0 Å². The number of aromatic nitrogens is 5. The van der Waals surface area contributed by atoms with Gasteiger partial charge in [0, 0.05) is 37.7 Å². The highest BCUT2D eigenvalue weighted by molar-refractivity contribution is 6.30. The Morgan fingerprint density at radius 1 is 1.10 bits per heavy atom. The fourth-order valence-corrected chi connectivity index (χ4v) is 4.55. The molecular formula is C20H20ClF2N7O. The number of carbonyl (C=O) groups is 1. The van der Waals surface area contributed by atoms with Gasteiger partial charge in [-0.1, -0.05) is 11.6 Å². The highest BCUT2D eigenvalue weighted by Gasteiger charge is 2.45. The molecule has 0 saturated carbocycles. The third-order valence-electron chi connectivity index (χ3n) is 6.10. The zero-order chi connectivity index (χ0) is 21.6. The summed E-state index contributed by atoms with van der Waals surface area (Å²) < 4.78 is 26.8. The lowest BCUT2D eigenvalue weighted by atomic mass is 9.77. The Morgan fingerprint density at radius 2 is 1.90 bits per heavy atom. The van der Waals surface area contributed by atoms with E-state index in [1.807, 2.05) is 0 Å². The van der Waals surface area contributed by atoms with Crippen molar-refractivity contribution in [3.8, 4) is 0 Å². The molecule has 162 valence electrons. The third-order valence-corrected chi connectivity index (χ3v) is 6.32. The first-order valence-electron chi connectivity index (χ1n) is 10.1. The minimum Gasteiger partial charge on any atom is -0.355 e. The van der Waals surface area contributed by atoms with Crippen molar-refractivity contribution in [1.29, 1.82) is 0 Å². The van der Waals surface area contributed by atoms with Crippen LogP contribution < -0.4 is 9.80 Å². The first-order chi connectivity index (χ1) is 14.9. The van der Waals surface area contributed by atoms with Crippen LogP contribution >= 0.6 is 11.6 Å². The average Bonchev–Trinajstić information content (AvgIpc) is 3.29. The molecule has 5 heterocycles. The number of carbonyl (C=O) groups excluding carboxylic acids is 1. The smallest absolute Gasteiger partial charge is 0.258 e. The number of nitrogens with zero attached hydrogens (tertiary/aromatic N) is 7. The first kappa shape index (κ1) is 20.0. The first-order valence-corrected chi connectivity index (χ1v) is 10.4. The molecule has 0 unspecified atom stereocenters. The molecule has 2 fully saturated rings. The van der Waals surface area contributed by atoms with E-state index in [9.17, 15) is 13.6 Å². The van der Waals surface area contributed by atoms with Gasteiger partial charge in [-0.25, -0.2) is 28.4 Å². The highest BCUT2D eigenvalue weighted by Crippen LogP contribution is 2.43. The number of anilines is 2. The lowest BCUT2D eigenvalue weighted by Crippen LogP contribution is -2.42. The number of rotatable bonds is 4. The molecule has 31 heavy (non-hydrogen) atoms. The average molecular weight is 448 g/mol. The summed E-state index contributed by atoms with van der Waals surface area (Å²) in [5.74, 6) is 1.33. The normalized spacial score (nSPS) is 18.6. The van der Waals surface area contributed by atoms with Gasteiger partial charge in [-0.2, -0.15) is 5.10 Å². The quantitative estimate of drug-likeness (QED) is 0.611. The van der Waals surface area contributed by atoms with Crippen LogP contribution in [-0.4, -0.2) is 56.7 Å². The monoisotopic (exact) mass is 447 g/mol. The van der Waals surface area contributed by atoms with Crippen molar-refractivity contribution >= 4 is 40.3 Å². The number of pyridine rings is 1. The molecule has 11 heteroatoms. The second-order valence-electron chi connectivity index (χ2n) is 8.13. The van der Waals surface area contributed by atoms with E-state index < -0.39 is 13.0 Å². The Balaban J connectivity index is 1.30. The molecule has 2 aliphatic rings. The molecule has 0 aliphatic carbocycles. The van der Waals surface area contributed by atoms with Crippen molar-refractivity contribution in [3.63, 3.8) is 0 Å². The topological polar surface area (TPSA) is 80.0 Å². The predicted octanol–water partition coefficient (Wildman–Crippen LogP) is 3.16. The fourth-order valence-electron chi connectivity index (χ4n) is 4.43. The molecule has 0 aromatic carbocycles. The molecule has 1 amide bonds. The number of amides is 1. The zero-order valence-corrected chi connectivity index (χ0v) is 17.3. The van der Waals surface area contributed by atoms with Gasteiger partial charge in [0.2, 0.25) is 5.91 Å². The molecule has 2 aliphatic heterocycles. The van der Waals surface area contributed by atoms with Crippen LogP contribution in [0, 0.1) is 5.41 Å². The zero-order valence-electron chi connectivity index (χ0n) is 16.6. The minimum absolute atomic E-state index is 0.0698. The number of halogens is 3. The van der Waals surface area contributed by atoms with Crippen LogP contribution in [0.2, 0.25) is 5.02 Å². The Bertz CT molecular complexity index is 1110. The Morgan fingerprint density at radius 3 is 2.61 bits per heavy atom. The van der Waals surface area contributed by atoms with Crippen LogP contribution in [0.1, 0.15) is 19.3 Å². The van der Waals surface area contributed by atoms with Gasteiger partial charge in [-0.3, -0.25) is 9.69 Å². The molecule has 1 spiro atoms. The number of alkyl halides is 2. The van der Waals surface area contributed by atoms with Crippen molar-refractivity contribution < 1.29 is 13.6 Å². The fraction of sp³-hybridized carbons (Fsp3) is 0.450. The molecule has 3 aromatic rings. The second kappa shape index (κ2) is 7.67. The van der Waals surface area contributed by atoms with Crippen LogP contribution in [0.15, 0.2) is 30.7 Å². The van der Waals surface area contributed by atoms with Crippen LogP contribution in [0.5, 0.6) is 0 Å². The number of hydrogen-bond acceptors (Lipinski definition) is 6. The van der Waals surface area contributed by atoms with E-state index in [1.54, 1.807) is 29.4 Å². The summed E-state index contributed by atoms with van der Waals surface area (Å²) >= 11 is 5.91. The van der Waals surface area contributed by atoms with E-state index in [2.05, 4.69) is 25.0 Å². The summed E-state index contributed by atoms with van der Waals surface area (Å²) in [4.78, 5) is 29.7. The molecule has 2 saturated heterocycles. The maximum atomic E-state index is 12.8. The van der Waals surface area contributed by atoms with Crippen molar-refractivity contribution in [2.24, 2.45) is 5.41 Å². The number of fused-ring (bicyclic) bond motifs is 1. The summed E-state index contributed by atoms with van der Waals surface area (Å²) in [5, 5.41) is 4.50. The van der Waals surface area contributed by atoms with E-state index >= 15 is 0 Å². The summed E-state index contributed by atoms with van der Waals surface area (Å²) in [6.45, 7) is 1.53. The van der Waals surface area contributed by atoms with Gasteiger partial charge in [-0.15, -0.1) is 0 Å². The van der Waals surface area contributed by atoms with Crippen LogP contribution in [0.25, 0.3) is 11.2 Å². The SMILES string of the molecule is O=C1CC2(CCN(c3cnc4cnn(CC(F)F)c4n3)CC2)CN1c1ccc(Cl)cn1. The highest BCUT2D eigenvalue weighted by atomic mass is 35.5. The Labute approximate surface area is 181 Å². The van der Waals surface area contributed by atoms with Gasteiger partial charge in [0.1, 0.15) is 23.7 Å². The van der Waals surface area contributed by atoms with Crippen molar-refractivity contribution in [1.82, 2.24) is 24.7 Å². The Hall–Kier alpha value is -2.88. The summed E-state index contributed by atoms with van der Waals surface area (Å²) in [6, 6.07) is 3.50. The van der Waals surface area contributed by atoms with Gasteiger partial charge < -0.3 is 4.90 Å². The maximum Gasteiger partial charge on any atom is 0.258 e. The summed E-state index contributed by atoms with van der Waals surface area (Å²) in [5.41, 5.74) is 0.739. The van der Waals surface area contributed by atoms with Gasteiger partial charge in [0.05, 0.1) is 17.4 Å². The summed E-state index contributed by atoms with van der Waals surface area (Å²) in [6.07, 6.45) is 4.25. The molecular weight excluding hydrogens is 428 g/mol. The molecule has 8 nitrogen and oxygen atoms in total. The molecule has 0 N–H and O–H groups in total. The number of piperidine rings is 1. The lowest BCUT2D eigenvalue weighted by Gasteiger charge is -2.39. The van der Waals surface area contributed by atoms with Crippen molar-refractivity contribution in [2.45, 2.75) is 32.2 Å². The van der Waals surface area contributed by atoms with Crippen molar-refractivity contribution in [3.05, 3.63) is 35.7 Å². The minimum atomic E-state index is -2.51. The van der Waals surface area contributed by atoms with Crippen molar-refractivity contribution in [2.75, 3.05) is 29.4 Å². The van der Waals surface area contributed by atoms with Crippen LogP contribution in [0.3, 0.4) is 0 Å². The maximum absolute atomic E-state index is 12.8. The molecule has 3 aromatic heterocycles. The lowest BCUT2D eigenvalue weighted by molar-refractivity contribution is -0.117. The molecule has 0 atom stereocenters. The van der Waals surface area contributed by atoms with E-state index in [1.165, 1.54) is 10.9 Å². The molecule has 0 bridgehead atoms. The standard InChI is InChI=1S/C20H20ClF2N7O/c21-13-1-2-16(25-8-13)29-12-20(7-18(29)31)3-5-28(6-4-20)17-10-24-14-9-26-30(11-15(22)23)19(14)27-17/h1-2,8-10,15H,3-7,11-12H2. The largest absolute Gasteiger partial charge is 0.355 e. The Kier molecular flexibility index (Phi) is 4.96. The predicted molar refractivity (Wildman–Crippen MR) is 111 cm³/mol. The van der Waals surface area contributed by atoms with Crippen LogP contribution in [-0.2, 0) is 11.3 Å². The number of hydrogen-bond donors (Lipinski definition) is 0. The van der Waals surface area contributed by atoms with Gasteiger partial charge in [0.25, 0.3) is 6.43 Å². The second-order valence-corrected chi connectivity index (χ2v) is 8.57. The van der Waals surface area contributed by atoms with Gasteiger partial charge in [0.15, 0.2) is 5.65 Å². The third kappa shape index (κ3) is 3.80. The summed E-state index contributed by atoms with van der Waals surface area (Å²) in [7, 11) is 0. The van der Waals surface area contributed by atoms with E-state index in [0.29, 0.717) is 53.9 Å². The molecule has 0 radical (unpaired) electrons. The van der Waals surface area contributed by atoms with Gasteiger partial charge in [-0.05, 0) is 25.0 Å². The van der Waals surface area contributed by atoms with E-state index in [-0.39, 0.29) is 11.3 Å². The van der Waals surface area contributed by atoms with E-state index in [4.69, 9.17) is 11.6 Å².